The van der Waals surface area contributed by atoms with E-state index in [0.29, 0.717) is 17.3 Å². The molecule has 1 N–H and O–H groups in total. The fourth-order valence-corrected chi connectivity index (χ4v) is 4.96. The highest BCUT2D eigenvalue weighted by Gasteiger charge is 2.13. The highest BCUT2D eigenvalue weighted by molar-refractivity contribution is 5.94. The zero-order valence-electron chi connectivity index (χ0n) is 19.5. The minimum Gasteiger partial charge on any atom is -0.350 e. The van der Waals surface area contributed by atoms with Crippen LogP contribution < -0.4 is 10.7 Å². The number of hydrogen-bond acceptors (Lipinski definition) is 3. The van der Waals surface area contributed by atoms with Gasteiger partial charge in [0.2, 0.25) is 5.91 Å². The van der Waals surface area contributed by atoms with Crippen LogP contribution in [0, 0.1) is 0 Å². The Morgan fingerprint density at radius 3 is 1.91 bits per heavy atom. The van der Waals surface area contributed by atoms with E-state index in [1.807, 2.05) is 53.1 Å². The van der Waals surface area contributed by atoms with Crippen LogP contribution in [0.5, 0.6) is 0 Å². The number of para-hydroxylation sites is 2. The Morgan fingerprint density at radius 2 is 1.29 bits per heavy atom. The minimum absolute atomic E-state index is 0.00289. The molecule has 1 aromatic heterocycles. The van der Waals surface area contributed by atoms with Crippen LogP contribution in [0.1, 0.15) is 36.8 Å². The Bertz CT molecular complexity index is 1290. The van der Waals surface area contributed by atoms with Gasteiger partial charge in [0.1, 0.15) is 6.54 Å². The number of carbonyl (C=O) groups is 1. The molecule has 1 amide bonds. The summed E-state index contributed by atoms with van der Waals surface area (Å²) in [6.07, 6.45) is 5.29. The highest BCUT2D eigenvalue weighted by Crippen LogP contribution is 2.19. The number of carbonyl (C=O) groups excluding carboxylic acids is 1. The summed E-state index contributed by atoms with van der Waals surface area (Å²) >= 11 is 0. The quantitative estimate of drug-likeness (QED) is 0.425. The third kappa shape index (κ3) is 4.90. The second kappa shape index (κ2) is 10.2. The smallest absolute Gasteiger partial charge is 0.240 e. The second-order valence-electron chi connectivity index (χ2n) is 9.23. The van der Waals surface area contributed by atoms with Crippen LogP contribution >= 0.6 is 0 Å². The Morgan fingerprint density at radius 1 is 0.735 bits per heavy atom. The Kier molecular flexibility index (Phi) is 6.72. The van der Waals surface area contributed by atoms with E-state index in [9.17, 15) is 9.59 Å². The first kappa shape index (κ1) is 22.4. The Hall–Kier alpha value is -3.44. The van der Waals surface area contributed by atoms with E-state index in [1.165, 1.54) is 44.3 Å². The number of likely N-dealkylation sites (tertiary alicyclic amines) is 1. The molecule has 0 bridgehead atoms. The zero-order chi connectivity index (χ0) is 23.3. The topological polar surface area (TPSA) is 54.3 Å². The van der Waals surface area contributed by atoms with Crippen LogP contribution in [0.25, 0.3) is 21.8 Å². The molecule has 34 heavy (non-hydrogen) atoms. The molecule has 0 radical (unpaired) electrons. The number of nitrogens with one attached hydrogen (secondary N) is 1. The Labute approximate surface area is 200 Å². The lowest BCUT2D eigenvalue weighted by molar-refractivity contribution is -0.121. The molecule has 5 rings (SSSR count). The van der Waals surface area contributed by atoms with Gasteiger partial charge in [-0.05, 0) is 61.3 Å². The summed E-state index contributed by atoms with van der Waals surface area (Å²) in [5.74, 6) is -0.0763. The zero-order valence-corrected chi connectivity index (χ0v) is 19.5. The lowest BCUT2D eigenvalue weighted by atomic mass is 10.1. The Balaban J connectivity index is 1.27. The van der Waals surface area contributed by atoms with Crippen molar-refractivity contribution in [3.8, 4) is 0 Å². The van der Waals surface area contributed by atoms with Gasteiger partial charge in [0.15, 0.2) is 5.43 Å². The van der Waals surface area contributed by atoms with Crippen LogP contribution in [0.15, 0.2) is 77.6 Å². The van der Waals surface area contributed by atoms with Crippen LogP contribution in [-0.2, 0) is 24.4 Å². The first-order valence-electron chi connectivity index (χ1n) is 12.3. The summed E-state index contributed by atoms with van der Waals surface area (Å²) in [5.41, 5.74) is 3.97. The first-order valence-corrected chi connectivity index (χ1v) is 12.3. The number of aromatic nitrogens is 1. The molecule has 0 unspecified atom stereocenters. The van der Waals surface area contributed by atoms with Crippen LogP contribution in [0.4, 0.5) is 0 Å². The summed E-state index contributed by atoms with van der Waals surface area (Å²) < 4.78 is 1.94. The van der Waals surface area contributed by atoms with Crippen molar-refractivity contribution in [2.24, 2.45) is 0 Å². The van der Waals surface area contributed by atoms with Gasteiger partial charge in [0, 0.05) is 23.9 Å². The van der Waals surface area contributed by atoms with Crippen molar-refractivity contribution in [3.05, 3.63) is 94.1 Å². The lowest BCUT2D eigenvalue weighted by Gasteiger charge is -2.19. The molecular formula is C29H31N3O2. The summed E-state index contributed by atoms with van der Waals surface area (Å²) in [6, 6.07) is 23.5. The van der Waals surface area contributed by atoms with E-state index in [0.717, 1.165) is 23.1 Å². The van der Waals surface area contributed by atoms with Gasteiger partial charge in [-0.25, -0.2) is 0 Å². The third-order valence-electron chi connectivity index (χ3n) is 6.80. The fourth-order valence-electron chi connectivity index (χ4n) is 4.96. The molecule has 2 heterocycles. The fraction of sp³-hybridized carbons (Fsp3) is 0.310. The summed E-state index contributed by atoms with van der Waals surface area (Å²) in [7, 11) is 0. The van der Waals surface area contributed by atoms with E-state index in [-0.39, 0.29) is 17.9 Å². The monoisotopic (exact) mass is 453 g/mol. The van der Waals surface area contributed by atoms with Gasteiger partial charge in [-0.3, -0.25) is 14.5 Å². The van der Waals surface area contributed by atoms with Gasteiger partial charge in [0.25, 0.3) is 0 Å². The predicted molar refractivity (Wildman–Crippen MR) is 138 cm³/mol. The van der Waals surface area contributed by atoms with Crippen LogP contribution in [0.3, 0.4) is 0 Å². The average Bonchev–Trinajstić information content (AvgIpc) is 3.15. The van der Waals surface area contributed by atoms with Gasteiger partial charge < -0.3 is 9.88 Å². The van der Waals surface area contributed by atoms with Gasteiger partial charge >= 0.3 is 0 Å². The molecule has 0 atom stereocenters. The van der Waals surface area contributed by atoms with Crippen molar-refractivity contribution < 1.29 is 4.79 Å². The third-order valence-corrected chi connectivity index (χ3v) is 6.80. The van der Waals surface area contributed by atoms with Gasteiger partial charge in [-0.15, -0.1) is 0 Å². The number of nitrogens with zero attached hydrogens (tertiary/aromatic N) is 2. The van der Waals surface area contributed by atoms with Gasteiger partial charge in [-0.2, -0.15) is 0 Å². The molecule has 1 aliphatic rings. The van der Waals surface area contributed by atoms with E-state index >= 15 is 0 Å². The summed E-state index contributed by atoms with van der Waals surface area (Å²) in [4.78, 5) is 28.3. The van der Waals surface area contributed by atoms with E-state index in [1.54, 1.807) is 0 Å². The van der Waals surface area contributed by atoms with E-state index < -0.39 is 0 Å². The molecular weight excluding hydrogens is 422 g/mol. The number of amides is 1. The number of fused-ring (bicyclic) bond motifs is 2. The first-order chi connectivity index (χ1) is 16.7. The van der Waals surface area contributed by atoms with Crippen LogP contribution in [-0.4, -0.2) is 28.5 Å². The second-order valence-corrected chi connectivity index (χ2v) is 9.23. The number of rotatable bonds is 6. The van der Waals surface area contributed by atoms with E-state index in [4.69, 9.17) is 0 Å². The molecule has 3 aromatic carbocycles. The standard InChI is InChI=1S/C29H31N3O2/c33-28(30-19-22-13-15-23(16-14-22)20-31-17-7-1-2-8-18-31)21-32-26-11-5-3-9-24(26)29(34)25-10-4-6-12-27(25)32/h3-6,9-16H,1-2,7-8,17-21H2,(H,30,33). The number of benzene rings is 3. The SMILES string of the molecule is O=C(Cn1c2ccccc2c(=O)c2ccccc21)NCc1ccc(CN2CCCCCC2)cc1. The largest absolute Gasteiger partial charge is 0.350 e. The summed E-state index contributed by atoms with van der Waals surface area (Å²) in [5, 5.41) is 4.32. The molecule has 1 saturated heterocycles. The molecule has 174 valence electrons. The molecule has 5 heteroatoms. The maximum Gasteiger partial charge on any atom is 0.240 e. The molecule has 5 nitrogen and oxygen atoms in total. The lowest BCUT2D eigenvalue weighted by Crippen LogP contribution is -2.28. The molecule has 0 aliphatic carbocycles. The van der Waals surface area contributed by atoms with Crippen molar-refractivity contribution in [1.82, 2.24) is 14.8 Å². The molecule has 1 aliphatic heterocycles. The normalized spacial score (nSPS) is 14.8. The number of pyridine rings is 1. The van der Waals surface area contributed by atoms with Crippen LogP contribution in [0.2, 0.25) is 0 Å². The van der Waals surface area contributed by atoms with E-state index in [2.05, 4.69) is 34.5 Å². The van der Waals surface area contributed by atoms with Gasteiger partial charge in [-0.1, -0.05) is 61.4 Å². The van der Waals surface area contributed by atoms with Gasteiger partial charge in [0.05, 0.1) is 11.0 Å². The molecule has 0 spiro atoms. The average molecular weight is 454 g/mol. The highest BCUT2D eigenvalue weighted by atomic mass is 16.2. The van der Waals surface area contributed by atoms with Crippen molar-refractivity contribution in [2.45, 2.75) is 45.3 Å². The molecule has 1 fully saturated rings. The summed E-state index contributed by atoms with van der Waals surface area (Å²) in [6.45, 7) is 4.02. The minimum atomic E-state index is -0.0763. The molecule has 0 saturated carbocycles. The van der Waals surface area contributed by atoms with Crippen molar-refractivity contribution in [1.29, 1.82) is 0 Å². The maximum atomic E-state index is 12.9. The van der Waals surface area contributed by atoms with Crippen molar-refractivity contribution >= 4 is 27.7 Å². The maximum absolute atomic E-state index is 12.9. The van der Waals surface area contributed by atoms with Crippen molar-refractivity contribution in [3.63, 3.8) is 0 Å². The van der Waals surface area contributed by atoms with Crippen molar-refractivity contribution in [2.75, 3.05) is 13.1 Å². The molecule has 4 aromatic rings. The number of hydrogen-bond donors (Lipinski definition) is 1. The predicted octanol–water partition coefficient (Wildman–Crippen LogP) is 4.85.